The predicted octanol–water partition coefficient (Wildman–Crippen LogP) is 4.95. The number of para-hydroxylation sites is 1. The van der Waals surface area contributed by atoms with Crippen molar-refractivity contribution >= 4 is 33.0 Å². The minimum Gasteiger partial charge on any atom is -0.340 e. The van der Waals surface area contributed by atoms with Crippen LogP contribution in [0.2, 0.25) is 0 Å². The van der Waals surface area contributed by atoms with Crippen LogP contribution in [0.4, 0.5) is 21.6 Å². The largest absolute Gasteiger partial charge is 0.340 e. The van der Waals surface area contributed by atoms with Gasteiger partial charge in [-0.25, -0.2) is 17.8 Å². The number of hydrogen-bond donors (Lipinski definition) is 2. The molecule has 6 nitrogen and oxygen atoms in total. The van der Waals surface area contributed by atoms with Gasteiger partial charge in [0.05, 0.1) is 11.9 Å². The maximum atomic E-state index is 14.3. The second kappa shape index (κ2) is 9.91. The van der Waals surface area contributed by atoms with Crippen LogP contribution in [-0.4, -0.2) is 25.4 Å². The zero-order valence-electron chi connectivity index (χ0n) is 18.2. The average molecular weight is 456 g/mol. The smallest absolute Gasteiger partial charge is 0.229 e. The summed E-state index contributed by atoms with van der Waals surface area (Å²) in [6.45, 7) is 3.63. The molecule has 0 fully saturated rings. The van der Waals surface area contributed by atoms with Gasteiger partial charge in [0.1, 0.15) is 17.4 Å². The molecule has 0 bridgehead atoms. The maximum absolute atomic E-state index is 14.3. The Morgan fingerprint density at radius 3 is 2.47 bits per heavy atom. The van der Waals surface area contributed by atoms with E-state index in [0.29, 0.717) is 17.8 Å². The first-order valence-corrected chi connectivity index (χ1v) is 12.1. The second-order valence-electron chi connectivity index (χ2n) is 7.75. The lowest BCUT2D eigenvalue weighted by Crippen LogP contribution is -2.13. The molecule has 0 aliphatic carbocycles. The Hall–Kier alpha value is -3.26. The fourth-order valence-electron chi connectivity index (χ4n) is 3.30. The Kier molecular flexibility index (Phi) is 7.25. The fourth-order valence-corrected chi connectivity index (χ4v) is 3.86. The van der Waals surface area contributed by atoms with Gasteiger partial charge in [0.25, 0.3) is 0 Å². The molecule has 1 atom stereocenters. The van der Waals surface area contributed by atoms with E-state index in [0.717, 1.165) is 23.2 Å². The van der Waals surface area contributed by atoms with Gasteiger partial charge < -0.3 is 5.32 Å². The van der Waals surface area contributed by atoms with Gasteiger partial charge in [0, 0.05) is 23.7 Å². The van der Waals surface area contributed by atoms with Crippen molar-refractivity contribution in [1.82, 2.24) is 4.98 Å². The molecule has 0 spiro atoms. The van der Waals surface area contributed by atoms with Gasteiger partial charge in [-0.05, 0) is 54.8 Å². The number of pyridine rings is 1. The standard InChI is InChI=1S/C24H26FN3O3S/c1-16-9-10-18(24(26-16)27-20-7-5-4-6-8-20)12-14-23(29)17(2)19-11-13-22(21(25)15-19)28-32(3,30)31/h4-11,13,15,17,28H,12,14H2,1-3H3,(H,26,27). The summed E-state index contributed by atoms with van der Waals surface area (Å²) in [4.78, 5) is 17.4. The number of carbonyl (C=O) groups is 1. The summed E-state index contributed by atoms with van der Waals surface area (Å²) in [5, 5.41) is 3.30. The Labute approximate surface area is 188 Å². The molecule has 0 aliphatic heterocycles. The highest BCUT2D eigenvalue weighted by atomic mass is 32.2. The van der Waals surface area contributed by atoms with Gasteiger partial charge in [0.2, 0.25) is 10.0 Å². The van der Waals surface area contributed by atoms with Crippen LogP contribution in [0, 0.1) is 12.7 Å². The number of Topliss-reactive ketones (excluding diaryl/α,β-unsaturated/α-hetero) is 1. The topological polar surface area (TPSA) is 88.2 Å². The number of nitrogens with one attached hydrogen (secondary N) is 2. The molecule has 1 aromatic heterocycles. The van der Waals surface area contributed by atoms with Crippen molar-refractivity contribution in [3.05, 3.63) is 83.3 Å². The van der Waals surface area contributed by atoms with Crippen LogP contribution in [0.3, 0.4) is 0 Å². The number of benzene rings is 2. The van der Waals surface area contributed by atoms with Crippen molar-refractivity contribution in [3.63, 3.8) is 0 Å². The van der Waals surface area contributed by atoms with Crippen molar-refractivity contribution in [2.24, 2.45) is 0 Å². The Morgan fingerprint density at radius 2 is 1.81 bits per heavy atom. The van der Waals surface area contributed by atoms with Crippen LogP contribution in [0.15, 0.2) is 60.7 Å². The van der Waals surface area contributed by atoms with Crippen molar-refractivity contribution in [2.45, 2.75) is 32.6 Å². The number of rotatable bonds is 9. The molecule has 0 radical (unpaired) electrons. The first-order chi connectivity index (χ1) is 15.1. The number of aryl methyl sites for hydroxylation is 2. The van der Waals surface area contributed by atoms with E-state index in [4.69, 9.17) is 0 Å². The molecule has 2 aromatic carbocycles. The number of ketones is 1. The maximum Gasteiger partial charge on any atom is 0.229 e. The molecule has 1 heterocycles. The molecule has 3 rings (SSSR count). The monoisotopic (exact) mass is 455 g/mol. The lowest BCUT2D eigenvalue weighted by Gasteiger charge is -2.15. The number of sulfonamides is 1. The summed E-state index contributed by atoms with van der Waals surface area (Å²) in [6, 6.07) is 17.6. The molecule has 3 aromatic rings. The first-order valence-electron chi connectivity index (χ1n) is 10.2. The summed E-state index contributed by atoms with van der Waals surface area (Å²) in [6.07, 6.45) is 1.70. The van der Waals surface area contributed by atoms with E-state index in [9.17, 15) is 17.6 Å². The van der Waals surface area contributed by atoms with E-state index in [1.54, 1.807) is 13.0 Å². The third-order valence-electron chi connectivity index (χ3n) is 5.07. The minimum absolute atomic E-state index is 0.0422. The third-order valence-corrected chi connectivity index (χ3v) is 5.66. The molecule has 168 valence electrons. The van der Waals surface area contributed by atoms with Crippen molar-refractivity contribution < 1.29 is 17.6 Å². The highest BCUT2D eigenvalue weighted by molar-refractivity contribution is 7.92. The van der Waals surface area contributed by atoms with E-state index < -0.39 is 21.8 Å². The van der Waals surface area contributed by atoms with Gasteiger partial charge in [-0.1, -0.05) is 37.3 Å². The van der Waals surface area contributed by atoms with Crippen molar-refractivity contribution in [3.8, 4) is 0 Å². The van der Waals surface area contributed by atoms with Crippen LogP contribution in [0.1, 0.15) is 36.1 Å². The van der Waals surface area contributed by atoms with Gasteiger partial charge >= 0.3 is 0 Å². The summed E-state index contributed by atoms with van der Waals surface area (Å²) >= 11 is 0. The van der Waals surface area contributed by atoms with Crippen LogP contribution in [0.5, 0.6) is 0 Å². The number of carbonyl (C=O) groups excluding carboxylic acids is 1. The molecule has 0 aliphatic rings. The number of nitrogens with zero attached hydrogens (tertiary/aromatic N) is 1. The van der Waals surface area contributed by atoms with Crippen molar-refractivity contribution in [2.75, 3.05) is 16.3 Å². The van der Waals surface area contributed by atoms with E-state index in [2.05, 4.69) is 15.0 Å². The highest BCUT2D eigenvalue weighted by Crippen LogP contribution is 2.26. The van der Waals surface area contributed by atoms with Gasteiger partial charge in [-0.2, -0.15) is 0 Å². The molecule has 0 saturated carbocycles. The SMILES string of the molecule is Cc1ccc(CCC(=O)C(C)c2ccc(NS(C)(=O)=O)c(F)c2)c(Nc2ccccc2)n1. The number of anilines is 3. The highest BCUT2D eigenvalue weighted by Gasteiger charge is 2.18. The molecule has 32 heavy (non-hydrogen) atoms. The molecular weight excluding hydrogens is 429 g/mol. The number of aromatic nitrogens is 1. The van der Waals surface area contributed by atoms with Crippen LogP contribution >= 0.6 is 0 Å². The van der Waals surface area contributed by atoms with E-state index in [1.165, 1.54) is 12.1 Å². The molecular formula is C24H26FN3O3S. The van der Waals surface area contributed by atoms with Gasteiger partial charge in [-0.15, -0.1) is 0 Å². The summed E-state index contributed by atoms with van der Waals surface area (Å²) in [5.74, 6) is -0.580. The normalized spacial score (nSPS) is 12.2. The number of halogens is 1. The zero-order valence-corrected chi connectivity index (χ0v) is 19.0. The van der Waals surface area contributed by atoms with Crippen LogP contribution < -0.4 is 10.0 Å². The molecule has 8 heteroatoms. The van der Waals surface area contributed by atoms with Gasteiger partial charge in [-0.3, -0.25) is 9.52 Å². The zero-order chi connectivity index (χ0) is 23.3. The Morgan fingerprint density at radius 1 is 1.09 bits per heavy atom. The van der Waals surface area contributed by atoms with Crippen LogP contribution in [0.25, 0.3) is 0 Å². The van der Waals surface area contributed by atoms with E-state index >= 15 is 0 Å². The average Bonchev–Trinajstić information content (AvgIpc) is 2.73. The number of hydrogen-bond acceptors (Lipinski definition) is 5. The molecule has 1 unspecified atom stereocenters. The summed E-state index contributed by atoms with van der Waals surface area (Å²) < 4.78 is 39.1. The Bertz CT molecular complexity index is 1210. The van der Waals surface area contributed by atoms with Crippen molar-refractivity contribution in [1.29, 1.82) is 0 Å². The molecule has 2 N–H and O–H groups in total. The van der Waals surface area contributed by atoms with Crippen LogP contribution in [-0.2, 0) is 21.2 Å². The fraction of sp³-hybridized carbons (Fsp3) is 0.250. The third kappa shape index (κ3) is 6.37. The molecule has 0 saturated heterocycles. The summed E-state index contributed by atoms with van der Waals surface area (Å²) in [7, 11) is -3.59. The second-order valence-corrected chi connectivity index (χ2v) is 9.50. The molecule has 0 amide bonds. The Balaban J connectivity index is 1.70. The minimum atomic E-state index is -3.59. The lowest BCUT2D eigenvalue weighted by molar-refractivity contribution is -0.120. The van der Waals surface area contributed by atoms with E-state index in [-0.39, 0.29) is 17.9 Å². The quantitative estimate of drug-likeness (QED) is 0.477. The summed E-state index contributed by atoms with van der Waals surface area (Å²) in [5.41, 5.74) is 3.04. The lowest BCUT2D eigenvalue weighted by atomic mass is 9.92. The van der Waals surface area contributed by atoms with Gasteiger partial charge in [0.15, 0.2) is 0 Å². The predicted molar refractivity (Wildman–Crippen MR) is 125 cm³/mol. The first kappa shape index (κ1) is 23.4. The van der Waals surface area contributed by atoms with E-state index in [1.807, 2.05) is 49.4 Å².